The van der Waals surface area contributed by atoms with Crippen LogP contribution < -0.4 is 10.5 Å². The molecule has 4 aromatic rings. The third-order valence-electron chi connectivity index (χ3n) is 7.07. The number of rotatable bonds is 5. The third kappa shape index (κ3) is 4.47. The summed E-state index contributed by atoms with van der Waals surface area (Å²) in [7, 11) is 0. The van der Waals surface area contributed by atoms with Crippen LogP contribution >= 0.6 is 0 Å². The number of amides is 1. The van der Waals surface area contributed by atoms with E-state index >= 15 is 0 Å². The number of piperazine rings is 1. The second-order valence-corrected chi connectivity index (χ2v) is 9.77. The van der Waals surface area contributed by atoms with Gasteiger partial charge in [-0.15, -0.1) is 0 Å². The average Bonchev–Trinajstić information content (AvgIpc) is 2.92. The highest BCUT2D eigenvalue weighted by molar-refractivity contribution is 5.87. The molecule has 0 saturated carbocycles. The summed E-state index contributed by atoms with van der Waals surface area (Å²) in [6, 6.07) is 16.2. The highest BCUT2D eigenvalue weighted by Crippen LogP contribution is 2.34. The number of halogens is 1. The van der Waals surface area contributed by atoms with Gasteiger partial charge in [-0.2, -0.15) is 14.6 Å². The molecule has 0 aliphatic carbocycles. The molecular weight excluding hydrogens is 481 g/mol. The summed E-state index contributed by atoms with van der Waals surface area (Å²) < 4.78 is 16.6. The molecule has 1 aliphatic rings. The summed E-state index contributed by atoms with van der Waals surface area (Å²) in [5, 5.41) is 4.85. The first-order valence-corrected chi connectivity index (χ1v) is 12.7. The zero-order valence-electron chi connectivity index (χ0n) is 21.8. The summed E-state index contributed by atoms with van der Waals surface area (Å²) in [5.41, 5.74) is 4.07. The lowest BCUT2D eigenvalue weighted by Crippen LogP contribution is -2.49. The van der Waals surface area contributed by atoms with Crippen molar-refractivity contribution in [2.24, 2.45) is 0 Å². The van der Waals surface area contributed by atoms with Gasteiger partial charge in [0.05, 0.1) is 16.8 Å². The van der Waals surface area contributed by atoms with Gasteiger partial charge in [0.1, 0.15) is 5.82 Å². The van der Waals surface area contributed by atoms with Crippen LogP contribution in [0.3, 0.4) is 0 Å². The molecular formula is C30H30FN5O2. The zero-order valence-corrected chi connectivity index (χ0v) is 21.8. The maximum atomic E-state index is 14.9. The van der Waals surface area contributed by atoms with E-state index in [1.165, 1.54) is 12.1 Å². The minimum Gasteiger partial charge on any atom is -0.337 e. The van der Waals surface area contributed by atoms with Crippen LogP contribution in [0.15, 0.2) is 72.0 Å². The standard InChI is InChI=1S/C30H30FN5O2/c1-5-27(37)34-14-16-35(17-15-34)30-32-29(38)28(23-12-7-6-10-21(23)19(2)3)26-18-24(20(4)33-36(26)30)22-11-8-9-13-25(22)31/h5-13,18-19H,1,14-17H2,2-4H3. The van der Waals surface area contributed by atoms with Gasteiger partial charge in [-0.3, -0.25) is 9.59 Å². The molecule has 0 atom stereocenters. The Hall–Kier alpha value is -4.33. The molecule has 5 rings (SSSR count). The van der Waals surface area contributed by atoms with Crippen LogP contribution in [-0.2, 0) is 4.79 Å². The Kier molecular flexibility index (Phi) is 6.80. The normalized spacial score (nSPS) is 13.8. The molecule has 0 radical (unpaired) electrons. The van der Waals surface area contributed by atoms with Gasteiger partial charge in [-0.25, -0.2) is 4.39 Å². The van der Waals surface area contributed by atoms with E-state index in [9.17, 15) is 14.0 Å². The molecule has 0 unspecified atom stereocenters. The molecule has 7 nitrogen and oxygen atoms in total. The summed E-state index contributed by atoms with van der Waals surface area (Å²) in [6.07, 6.45) is 1.31. The van der Waals surface area contributed by atoms with Crippen molar-refractivity contribution in [2.45, 2.75) is 26.7 Å². The Morgan fingerprint density at radius 3 is 2.32 bits per heavy atom. The van der Waals surface area contributed by atoms with Crippen molar-refractivity contribution in [2.75, 3.05) is 31.1 Å². The molecule has 194 valence electrons. The van der Waals surface area contributed by atoms with Gasteiger partial charge < -0.3 is 9.80 Å². The molecule has 3 heterocycles. The first kappa shape index (κ1) is 25.3. The van der Waals surface area contributed by atoms with Gasteiger partial charge in [-0.1, -0.05) is 62.9 Å². The van der Waals surface area contributed by atoms with E-state index in [0.717, 1.165) is 11.1 Å². The van der Waals surface area contributed by atoms with Gasteiger partial charge in [0.2, 0.25) is 11.9 Å². The number of hydrogen-bond acceptors (Lipinski definition) is 5. The second-order valence-electron chi connectivity index (χ2n) is 9.77. The van der Waals surface area contributed by atoms with Gasteiger partial charge in [0, 0.05) is 37.3 Å². The Morgan fingerprint density at radius 2 is 1.66 bits per heavy atom. The Morgan fingerprint density at radius 1 is 1.00 bits per heavy atom. The molecule has 0 N–H and O–H groups in total. The van der Waals surface area contributed by atoms with Crippen LogP contribution in [0.4, 0.5) is 10.3 Å². The van der Waals surface area contributed by atoms with E-state index in [0.29, 0.717) is 60.0 Å². The van der Waals surface area contributed by atoms with E-state index in [4.69, 9.17) is 5.10 Å². The number of carbonyl (C=O) groups is 1. The molecule has 1 saturated heterocycles. The highest BCUT2D eigenvalue weighted by atomic mass is 19.1. The number of fused-ring (bicyclic) bond motifs is 1. The summed E-state index contributed by atoms with van der Waals surface area (Å²) in [6.45, 7) is 11.5. The molecule has 2 aromatic carbocycles. The topological polar surface area (TPSA) is 70.8 Å². The Balaban J connectivity index is 1.76. The van der Waals surface area contributed by atoms with Crippen LogP contribution in [0.2, 0.25) is 0 Å². The smallest absolute Gasteiger partial charge is 0.283 e. The fourth-order valence-electron chi connectivity index (χ4n) is 5.09. The lowest BCUT2D eigenvalue weighted by molar-refractivity contribution is -0.126. The number of benzene rings is 2. The van der Waals surface area contributed by atoms with Crippen LogP contribution in [0.1, 0.15) is 31.0 Å². The first-order chi connectivity index (χ1) is 18.3. The number of anilines is 1. The van der Waals surface area contributed by atoms with Crippen LogP contribution in [0.25, 0.3) is 27.8 Å². The van der Waals surface area contributed by atoms with Crippen LogP contribution in [0, 0.1) is 12.7 Å². The number of aryl methyl sites for hydroxylation is 1. The van der Waals surface area contributed by atoms with Crippen LogP contribution in [-0.4, -0.2) is 51.6 Å². The Labute approximate surface area is 220 Å². The maximum absolute atomic E-state index is 14.9. The summed E-state index contributed by atoms with van der Waals surface area (Å²) in [4.78, 5) is 34.1. The second kappa shape index (κ2) is 10.2. The minimum absolute atomic E-state index is 0.122. The monoisotopic (exact) mass is 511 g/mol. The molecule has 8 heteroatoms. The van der Waals surface area contributed by atoms with E-state index in [1.807, 2.05) is 42.2 Å². The minimum atomic E-state index is -0.372. The predicted octanol–water partition coefficient (Wildman–Crippen LogP) is 4.83. The zero-order chi connectivity index (χ0) is 27.0. The fourth-order valence-corrected chi connectivity index (χ4v) is 5.09. The molecule has 1 amide bonds. The van der Waals surface area contributed by atoms with Crippen molar-refractivity contribution < 1.29 is 9.18 Å². The SMILES string of the molecule is C=CC(=O)N1CCN(c2nc(=O)c(-c3ccccc3C(C)C)c3cc(-c4ccccc4F)c(C)nn23)CC1. The number of nitrogens with zero attached hydrogens (tertiary/aromatic N) is 5. The highest BCUT2D eigenvalue weighted by Gasteiger charge is 2.26. The number of aromatic nitrogens is 3. The molecule has 1 fully saturated rings. The fraction of sp³-hybridized carbons (Fsp3) is 0.267. The van der Waals surface area contributed by atoms with Gasteiger partial charge >= 0.3 is 0 Å². The van der Waals surface area contributed by atoms with E-state index in [1.54, 1.807) is 27.6 Å². The van der Waals surface area contributed by atoms with Crippen molar-refractivity contribution in [1.29, 1.82) is 0 Å². The Bertz CT molecular complexity index is 1600. The van der Waals surface area contributed by atoms with Gasteiger partial charge in [0.15, 0.2) is 0 Å². The summed E-state index contributed by atoms with van der Waals surface area (Å²) >= 11 is 0. The lowest BCUT2D eigenvalue weighted by atomic mass is 9.92. The summed E-state index contributed by atoms with van der Waals surface area (Å²) in [5.74, 6) is 0.101. The third-order valence-corrected chi connectivity index (χ3v) is 7.07. The van der Waals surface area contributed by atoms with Crippen molar-refractivity contribution in [3.05, 3.63) is 94.7 Å². The molecule has 38 heavy (non-hydrogen) atoms. The van der Waals surface area contributed by atoms with E-state index in [-0.39, 0.29) is 23.2 Å². The largest absolute Gasteiger partial charge is 0.337 e. The molecule has 0 bridgehead atoms. The van der Waals surface area contributed by atoms with Gasteiger partial charge in [0.25, 0.3) is 5.56 Å². The quantitative estimate of drug-likeness (QED) is 0.359. The maximum Gasteiger partial charge on any atom is 0.283 e. The predicted molar refractivity (Wildman–Crippen MR) is 148 cm³/mol. The van der Waals surface area contributed by atoms with Crippen LogP contribution in [0.5, 0.6) is 0 Å². The lowest BCUT2D eigenvalue weighted by Gasteiger charge is -2.35. The van der Waals surface area contributed by atoms with Crippen molar-refractivity contribution in [3.63, 3.8) is 0 Å². The molecule has 0 spiro atoms. The van der Waals surface area contributed by atoms with Crippen molar-refractivity contribution in [1.82, 2.24) is 19.5 Å². The first-order valence-electron chi connectivity index (χ1n) is 12.7. The van der Waals surface area contributed by atoms with E-state index in [2.05, 4.69) is 25.4 Å². The average molecular weight is 512 g/mol. The van der Waals surface area contributed by atoms with Crippen molar-refractivity contribution >= 4 is 17.4 Å². The number of carbonyl (C=O) groups excluding carboxylic acids is 1. The molecule has 2 aromatic heterocycles. The van der Waals surface area contributed by atoms with E-state index < -0.39 is 0 Å². The van der Waals surface area contributed by atoms with Gasteiger partial charge in [-0.05, 0) is 42.2 Å². The number of hydrogen-bond donors (Lipinski definition) is 0. The van der Waals surface area contributed by atoms with Crippen molar-refractivity contribution in [3.8, 4) is 22.3 Å². The molecule has 1 aliphatic heterocycles.